The quantitative estimate of drug-likeness (QED) is 0.436. The first-order valence-electron chi connectivity index (χ1n) is 12.4. The minimum atomic E-state index is -0.444. The lowest BCUT2D eigenvalue weighted by molar-refractivity contribution is -0.385. The second kappa shape index (κ2) is 8.70. The van der Waals surface area contributed by atoms with Crippen LogP contribution in [0.15, 0.2) is 29.2 Å². The Hall–Kier alpha value is -3.79. The van der Waals surface area contributed by atoms with Gasteiger partial charge in [-0.05, 0) is 42.4 Å². The number of rotatable bonds is 3. The summed E-state index contributed by atoms with van der Waals surface area (Å²) >= 11 is 0. The van der Waals surface area contributed by atoms with Crippen LogP contribution >= 0.6 is 0 Å². The molecule has 3 aliphatic rings. The highest BCUT2D eigenvalue weighted by Crippen LogP contribution is 2.28. The molecule has 6 rings (SSSR count). The Morgan fingerprint density at radius 1 is 1.22 bits per heavy atom. The molecule has 2 aliphatic heterocycles. The number of aromatic nitrogens is 3. The Bertz CT molecular complexity index is 1570. The van der Waals surface area contributed by atoms with Gasteiger partial charge in [0.2, 0.25) is 5.91 Å². The van der Waals surface area contributed by atoms with Crippen LogP contribution in [-0.4, -0.2) is 49.9 Å². The van der Waals surface area contributed by atoms with Crippen LogP contribution in [0.3, 0.4) is 0 Å². The van der Waals surface area contributed by atoms with Gasteiger partial charge >= 0.3 is 0 Å². The minimum Gasteiger partial charge on any atom is -0.381 e. The van der Waals surface area contributed by atoms with Crippen LogP contribution in [0.25, 0.3) is 17.7 Å². The van der Waals surface area contributed by atoms with Crippen molar-refractivity contribution >= 4 is 29.3 Å². The third-order valence-electron chi connectivity index (χ3n) is 7.72. The molecule has 2 aromatic heterocycles. The molecule has 1 fully saturated rings. The molecule has 4 heterocycles. The van der Waals surface area contributed by atoms with E-state index < -0.39 is 10.8 Å². The van der Waals surface area contributed by atoms with Crippen molar-refractivity contribution in [2.75, 3.05) is 19.8 Å². The summed E-state index contributed by atoms with van der Waals surface area (Å²) in [7, 11) is 0. The molecule has 0 radical (unpaired) electrons. The molecule has 10 nitrogen and oxygen atoms in total. The lowest BCUT2D eigenvalue weighted by Gasteiger charge is -2.33. The Morgan fingerprint density at radius 3 is 2.81 bits per heavy atom. The van der Waals surface area contributed by atoms with Gasteiger partial charge in [0.25, 0.3) is 11.2 Å². The summed E-state index contributed by atoms with van der Waals surface area (Å²) in [5.41, 5.74) is 2.15. The van der Waals surface area contributed by atoms with Crippen molar-refractivity contribution in [3.63, 3.8) is 0 Å². The van der Waals surface area contributed by atoms with Crippen LogP contribution in [0.5, 0.6) is 0 Å². The highest BCUT2D eigenvalue weighted by Gasteiger charge is 2.32. The monoisotopic (exact) mass is 489 g/mol. The zero-order valence-corrected chi connectivity index (χ0v) is 20.0. The fraction of sp³-hybridized carbons (Fsp3) is 0.423. The Labute approximate surface area is 206 Å². The fourth-order valence-electron chi connectivity index (χ4n) is 5.72. The predicted octanol–water partition coefficient (Wildman–Crippen LogP) is 1.24. The van der Waals surface area contributed by atoms with Crippen molar-refractivity contribution in [2.45, 2.75) is 38.6 Å². The lowest BCUT2D eigenvalue weighted by Crippen LogP contribution is -2.48. The number of nitro groups is 1. The Morgan fingerprint density at radius 2 is 2.03 bits per heavy atom. The van der Waals surface area contributed by atoms with Gasteiger partial charge in [0, 0.05) is 44.4 Å². The molecule has 2 atom stereocenters. The van der Waals surface area contributed by atoms with Crippen molar-refractivity contribution in [3.8, 4) is 0 Å². The molecular formula is C26H27N5O5. The van der Waals surface area contributed by atoms with E-state index >= 15 is 0 Å². The van der Waals surface area contributed by atoms with Crippen LogP contribution in [0, 0.1) is 22.0 Å². The number of ether oxygens (including phenoxy) is 1. The second-order valence-corrected chi connectivity index (χ2v) is 9.91. The predicted molar refractivity (Wildman–Crippen MR) is 132 cm³/mol. The topological polar surface area (TPSA) is 123 Å². The number of nitrogens with zero attached hydrogens (tertiary/aromatic N) is 4. The smallest absolute Gasteiger partial charge is 0.274 e. The van der Waals surface area contributed by atoms with Gasteiger partial charge in [-0.25, -0.2) is 4.98 Å². The van der Waals surface area contributed by atoms with E-state index in [9.17, 15) is 19.7 Å². The molecule has 0 saturated carbocycles. The third-order valence-corrected chi connectivity index (χ3v) is 7.72. The number of fused-ring (bicyclic) bond motifs is 4. The minimum absolute atomic E-state index is 0.0326. The number of hydrogen-bond acceptors (Lipinski definition) is 6. The third kappa shape index (κ3) is 3.72. The first kappa shape index (κ1) is 22.7. The maximum absolute atomic E-state index is 13.6. The van der Waals surface area contributed by atoms with Crippen molar-refractivity contribution in [3.05, 3.63) is 72.5 Å². The van der Waals surface area contributed by atoms with Gasteiger partial charge < -0.3 is 14.6 Å². The van der Waals surface area contributed by atoms with Crippen LogP contribution in [0.1, 0.15) is 42.6 Å². The van der Waals surface area contributed by atoms with Crippen molar-refractivity contribution in [1.29, 1.82) is 0 Å². The first-order valence-corrected chi connectivity index (χ1v) is 12.4. The summed E-state index contributed by atoms with van der Waals surface area (Å²) in [5.74, 6) is 0.494. The SMILES string of the molecule is CC1C=c2c([nH]c(=O)c3cnc(C4CCOCC4)n23)=CC1C(=O)N1CCc2ccc([N+](=O)[O-])cc2C1. The molecule has 1 saturated heterocycles. The number of hydrogen-bond donors (Lipinski definition) is 1. The molecule has 36 heavy (non-hydrogen) atoms. The van der Waals surface area contributed by atoms with E-state index in [0.717, 1.165) is 35.1 Å². The number of carbonyl (C=O) groups excluding carboxylic acids is 1. The second-order valence-electron chi connectivity index (χ2n) is 9.91. The van der Waals surface area contributed by atoms with Gasteiger partial charge in [-0.2, -0.15) is 0 Å². The largest absolute Gasteiger partial charge is 0.381 e. The van der Waals surface area contributed by atoms with Crippen molar-refractivity contribution in [2.24, 2.45) is 11.8 Å². The number of benzene rings is 1. The van der Waals surface area contributed by atoms with E-state index in [1.54, 1.807) is 23.2 Å². The number of nitro benzene ring substituents is 1. The Balaban J connectivity index is 1.36. The zero-order valence-electron chi connectivity index (χ0n) is 20.0. The van der Waals surface area contributed by atoms with Gasteiger partial charge in [0.05, 0.1) is 27.7 Å². The summed E-state index contributed by atoms with van der Waals surface area (Å²) in [6.07, 6.45) is 7.91. The molecule has 186 valence electrons. The first-order chi connectivity index (χ1) is 17.4. The summed E-state index contributed by atoms with van der Waals surface area (Å²) in [5, 5.41) is 12.7. The average molecular weight is 490 g/mol. The number of non-ortho nitro benzene ring substituents is 1. The zero-order chi connectivity index (χ0) is 25.0. The number of nitrogens with one attached hydrogen (secondary N) is 1. The average Bonchev–Trinajstić information content (AvgIpc) is 3.34. The molecule has 1 aliphatic carbocycles. The molecule has 0 bridgehead atoms. The molecule has 3 aromatic rings. The molecule has 1 N–H and O–H groups in total. The number of H-pyrrole nitrogens is 1. The fourth-order valence-corrected chi connectivity index (χ4v) is 5.72. The number of carbonyl (C=O) groups is 1. The summed E-state index contributed by atoms with van der Waals surface area (Å²) in [6, 6.07) is 4.86. The molecule has 2 unspecified atom stereocenters. The van der Waals surface area contributed by atoms with Gasteiger partial charge in [-0.15, -0.1) is 0 Å². The van der Waals surface area contributed by atoms with Crippen LogP contribution in [-0.2, 0) is 22.5 Å². The maximum Gasteiger partial charge on any atom is 0.274 e. The van der Waals surface area contributed by atoms with Crippen LogP contribution in [0.2, 0.25) is 0 Å². The normalized spacial score (nSPS) is 21.9. The van der Waals surface area contributed by atoms with E-state index in [4.69, 9.17) is 4.74 Å². The van der Waals surface area contributed by atoms with Gasteiger partial charge in [0.1, 0.15) is 11.3 Å². The summed E-state index contributed by atoms with van der Waals surface area (Å²) < 4.78 is 7.46. The summed E-state index contributed by atoms with van der Waals surface area (Å²) in [6.45, 7) is 4.25. The van der Waals surface area contributed by atoms with Gasteiger partial charge in [0.15, 0.2) is 0 Å². The Kier molecular flexibility index (Phi) is 5.48. The molecule has 1 amide bonds. The molecule has 10 heteroatoms. The number of aromatic amines is 1. The number of amides is 1. The van der Waals surface area contributed by atoms with Crippen LogP contribution < -0.4 is 16.3 Å². The number of imidazole rings is 1. The maximum atomic E-state index is 13.6. The highest BCUT2D eigenvalue weighted by atomic mass is 16.6. The molecule has 0 spiro atoms. The van der Waals surface area contributed by atoms with Gasteiger partial charge in [-0.3, -0.25) is 24.1 Å². The van der Waals surface area contributed by atoms with Gasteiger partial charge in [-0.1, -0.05) is 19.1 Å². The van der Waals surface area contributed by atoms with Crippen molar-refractivity contribution < 1.29 is 14.5 Å². The molecular weight excluding hydrogens is 462 g/mol. The van der Waals surface area contributed by atoms with E-state index in [-0.39, 0.29) is 29.0 Å². The van der Waals surface area contributed by atoms with E-state index in [2.05, 4.69) is 9.97 Å². The standard InChI is InChI=1S/C26H27N5O5/c1-15-10-22-21(28-25(32)23-13-27-24(30(22)23)17-5-8-36-9-6-17)12-20(15)26(33)29-7-4-16-2-3-19(31(34)35)11-18(16)14-29/h2-3,10-13,15,17,20H,4-9,14H2,1H3,(H,28,32). The lowest BCUT2D eigenvalue weighted by atomic mass is 9.87. The summed E-state index contributed by atoms with van der Waals surface area (Å²) in [4.78, 5) is 46.7. The highest BCUT2D eigenvalue weighted by molar-refractivity contribution is 5.86. The molecule has 1 aromatic carbocycles. The van der Waals surface area contributed by atoms with E-state index in [1.165, 1.54) is 6.07 Å². The van der Waals surface area contributed by atoms with E-state index in [0.29, 0.717) is 43.6 Å². The van der Waals surface area contributed by atoms with Crippen LogP contribution in [0.4, 0.5) is 5.69 Å². The van der Waals surface area contributed by atoms with E-state index in [1.807, 2.05) is 23.5 Å². The van der Waals surface area contributed by atoms with Crippen molar-refractivity contribution in [1.82, 2.24) is 19.3 Å².